The van der Waals surface area contributed by atoms with Gasteiger partial charge in [-0.3, -0.25) is 0 Å². The van der Waals surface area contributed by atoms with Crippen LogP contribution < -0.4 is 5.32 Å². The Hall–Kier alpha value is -0.820. The lowest BCUT2D eigenvalue weighted by Crippen LogP contribution is -2.35. The maximum Gasteiger partial charge on any atom is 0.0294 e. The summed E-state index contributed by atoms with van der Waals surface area (Å²) in [5.41, 5.74) is 4.21. The third kappa shape index (κ3) is 4.09. The summed E-state index contributed by atoms with van der Waals surface area (Å²) in [7, 11) is 0. The molecule has 20 heavy (non-hydrogen) atoms. The topological polar surface area (TPSA) is 12.0 Å². The fourth-order valence-corrected chi connectivity index (χ4v) is 3.47. The molecule has 0 aliphatic heterocycles. The van der Waals surface area contributed by atoms with Crippen LogP contribution >= 0.6 is 0 Å². The summed E-state index contributed by atoms with van der Waals surface area (Å²) < 4.78 is 0. The summed E-state index contributed by atoms with van der Waals surface area (Å²) in [5, 5.41) is 3.84. The van der Waals surface area contributed by atoms with Crippen LogP contribution in [0.1, 0.15) is 75.1 Å². The van der Waals surface area contributed by atoms with Gasteiger partial charge in [0.1, 0.15) is 0 Å². The molecule has 1 aliphatic rings. The van der Waals surface area contributed by atoms with E-state index >= 15 is 0 Å². The molecule has 0 bridgehead atoms. The van der Waals surface area contributed by atoms with Crippen molar-refractivity contribution in [2.75, 3.05) is 0 Å². The number of aryl methyl sites for hydroxylation is 2. The zero-order chi connectivity index (χ0) is 14.5. The molecule has 0 radical (unpaired) electrons. The third-order valence-electron chi connectivity index (χ3n) is 5.15. The van der Waals surface area contributed by atoms with Gasteiger partial charge in [-0.05, 0) is 63.1 Å². The zero-order valence-corrected chi connectivity index (χ0v) is 13.7. The molecule has 1 N–H and O–H groups in total. The molecule has 0 saturated heterocycles. The maximum atomic E-state index is 3.84. The number of rotatable bonds is 4. The molecule has 1 saturated carbocycles. The van der Waals surface area contributed by atoms with Gasteiger partial charge in [-0.2, -0.15) is 0 Å². The molecule has 0 amide bonds. The van der Waals surface area contributed by atoms with Gasteiger partial charge in [0, 0.05) is 12.1 Å². The summed E-state index contributed by atoms with van der Waals surface area (Å²) in [6, 6.07) is 7.95. The summed E-state index contributed by atoms with van der Waals surface area (Å²) in [6.07, 6.45) is 8.55. The standard InChI is InChI=1S/C19H31N/c1-14-11-12-19(13-15(14)2)17(4)20-16(3)18-9-7-5-6-8-10-18/h11-13,16-18,20H,5-10H2,1-4H3/t16-,17?/m1/s1. The lowest BCUT2D eigenvalue weighted by molar-refractivity contribution is 0.316. The fourth-order valence-electron chi connectivity index (χ4n) is 3.47. The molecule has 0 spiro atoms. The Bertz CT molecular complexity index is 416. The molecule has 112 valence electrons. The van der Waals surface area contributed by atoms with Crippen molar-refractivity contribution >= 4 is 0 Å². The highest BCUT2D eigenvalue weighted by atomic mass is 14.9. The number of hydrogen-bond donors (Lipinski definition) is 1. The molecule has 1 fully saturated rings. The van der Waals surface area contributed by atoms with Gasteiger partial charge in [-0.25, -0.2) is 0 Å². The third-order valence-corrected chi connectivity index (χ3v) is 5.15. The minimum absolute atomic E-state index is 0.451. The molecule has 2 rings (SSSR count). The van der Waals surface area contributed by atoms with Crippen molar-refractivity contribution < 1.29 is 0 Å². The van der Waals surface area contributed by atoms with Gasteiger partial charge in [0.15, 0.2) is 0 Å². The van der Waals surface area contributed by atoms with E-state index in [9.17, 15) is 0 Å². The summed E-state index contributed by atoms with van der Waals surface area (Å²) in [6.45, 7) is 9.08. The predicted octanol–water partition coefficient (Wildman–Crippen LogP) is 5.31. The average molecular weight is 273 g/mol. The SMILES string of the molecule is Cc1ccc(C(C)N[C@H](C)C2CCCCCC2)cc1C. The van der Waals surface area contributed by atoms with Crippen molar-refractivity contribution in [2.45, 2.75) is 78.3 Å². The Morgan fingerprint density at radius 1 is 0.950 bits per heavy atom. The van der Waals surface area contributed by atoms with Crippen LogP contribution in [0.15, 0.2) is 18.2 Å². The molecular weight excluding hydrogens is 242 g/mol. The smallest absolute Gasteiger partial charge is 0.0294 e. The van der Waals surface area contributed by atoms with Crippen LogP contribution in [0.25, 0.3) is 0 Å². The van der Waals surface area contributed by atoms with Gasteiger partial charge >= 0.3 is 0 Å². The van der Waals surface area contributed by atoms with Crippen molar-refractivity contribution in [3.8, 4) is 0 Å². The van der Waals surface area contributed by atoms with Gasteiger partial charge in [0.2, 0.25) is 0 Å². The van der Waals surface area contributed by atoms with Gasteiger partial charge < -0.3 is 5.32 Å². The fraction of sp³-hybridized carbons (Fsp3) is 0.684. The van der Waals surface area contributed by atoms with Crippen LogP contribution in [-0.4, -0.2) is 6.04 Å². The molecule has 0 heterocycles. The zero-order valence-electron chi connectivity index (χ0n) is 13.7. The first-order valence-electron chi connectivity index (χ1n) is 8.41. The van der Waals surface area contributed by atoms with E-state index in [1.54, 1.807) is 0 Å². The van der Waals surface area contributed by atoms with Crippen LogP contribution in [-0.2, 0) is 0 Å². The van der Waals surface area contributed by atoms with E-state index in [4.69, 9.17) is 0 Å². The van der Waals surface area contributed by atoms with Crippen LogP contribution in [0.2, 0.25) is 0 Å². The average Bonchev–Trinajstić information content (AvgIpc) is 2.70. The molecular formula is C19H31N. The highest BCUT2D eigenvalue weighted by Crippen LogP contribution is 2.27. The molecule has 1 aliphatic carbocycles. The van der Waals surface area contributed by atoms with Crippen LogP contribution in [0.3, 0.4) is 0 Å². The number of nitrogens with one attached hydrogen (secondary N) is 1. The van der Waals surface area contributed by atoms with E-state index in [1.165, 1.54) is 55.2 Å². The second-order valence-corrected chi connectivity index (χ2v) is 6.77. The minimum Gasteiger partial charge on any atom is -0.307 e. The quantitative estimate of drug-likeness (QED) is 0.733. The molecule has 1 unspecified atom stereocenters. The minimum atomic E-state index is 0.451. The Labute approximate surface area is 125 Å². The van der Waals surface area contributed by atoms with Crippen LogP contribution in [0, 0.1) is 19.8 Å². The summed E-state index contributed by atoms with van der Waals surface area (Å²) in [5.74, 6) is 0.867. The van der Waals surface area contributed by atoms with Crippen molar-refractivity contribution in [3.63, 3.8) is 0 Å². The first-order valence-corrected chi connectivity index (χ1v) is 8.41. The largest absolute Gasteiger partial charge is 0.307 e. The van der Waals surface area contributed by atoms with Crippen molar-refractivity contribution in [2.24, 2.45) is 5.92 Å². The van der Waals surface area contributed by atoms with E-state index in [-0.39, 0.29) is 0 Å². The van der Waals surface area contributed by atoms with E-state index in [0.717, 1.165) is 5.92 Å². The molecule has 1 nitrogen and oxygen atoms in total. The monoisotopic (exact) mass is 273 g/mol. The lowest BCUT2D eigenvalue weighted by atomic mass is 9.91. The maximum absolute atomic E-state index is 3.84. The van der Waals surface area contributed by atoms with Crippen LogP contribution in [0.5, 0.6) is 0 Å². The van der Waals surface area contributed by atoms with Crippen molar-refractivity contribution in [1.82, 2.24) is 5.32 Å². The predicted molar refractivity (Wildman–Crippen MR) is 88.1 cm³/mol. The summed E-state index contributed by atoms with van der Waals surface area (Å²) in [4.78, 5) is 0. The van der Waals surface area contributed by atoms with E-state index in [2.05, 4.69) is 51.2 Å². The van der Waals surface area contributed by atoms with E-state index < -0.39 is 0 Å². The first kappa shape index (κ1) is 15.6. The Morgan fingerprint density at radius 3 is 2.20 bits per heavy atom. The second kappa shape index (κ2) is 7.26. The Balaban J connectivity index is 1.95. The van der Waals surface area contributed by atoms with Crippen molar-refractivity contribution in [1.29, 1.82) is 0 Å². The van der Waals surface area contributed by atoms with Crippen molar-refractivity contribution in [3.05, 3.63) is 34.9 Å². The van der Waals surface area contributed by atoms with Gasteiger partial charge in [0.25, 0.3) is 0 Å². The highest BCUT2D eigenvalue weighted by Gasteiger charge is 2.20. The second-order valence-electron chi connectivity index (χ2n) is 6.77. The van der Waals surface area contributed by atoms with Gasteiger partial charge in [-0.15, -0.1) is 0 Å². The number of benzene rings is 1. The number of hydrogen-bond acceptors (Lipinski definition) is 1. The summed E-state index contributed by atoms with van der Waals surface area (Å²) >= 11 is 0. The van der Waals surface area contributed by atoms with Crippen LogP contribution in [0.4, 0.5) is 0 Å². The van der Waals surface area contributed by atoms with Gasteiger partial charge in [-0.1, -0.05) is 43.9 Å². The van der Waals surface area contributed by atoms with E-state index in [1.807, 2.05) is 0 Å². The molecule has 0 aromatic heterocycles. The Morgan fingerprint density at radius 2 is 1.60 bits per heavy atom. The highest BCUT2D eigenvalue weighted by molar-refractivity contribution is 5.31. The molecule has 1 heteroatoms. The molecule has 1 aromatic carbocycles. The molecule has 2 atom stereocenters. The lowest BCUT2D eigenvalue weighted by Gasteiger charge is -2.27. The van der Waals surface area contributed by atoms with Gasteiger partial charge in [0.05, 0.1) is 0 Å². The normalized spacial score (nSPS) is 20.4. The Kier molecular flexibility index (Phi) is 5.65. The van der Waals surface area contributed by atoms with E-state index in [0.29, 0.717) is 12.1 Å². The first-order chi connectivity index (χ1) is 9.58. The molecule has 1 aromatic rings.